The third kappa shape index (κ3) is 2.75. The highest BCUT2D eigenvalue weighted by atomic mass is 16.5. The van der Waals surface area contributed by atoms with Crippen LogP contribution in [-0.2, 0) is 4.79 Å². The summed E-state index contributed by atoms with van der Waals surface area (Å²) < 4.78 is 5.67. The number of benzene rings is 1. The van der Waals surface area contributed by atoms with Crippen molar-refractivity contribution >= 4 is 5.91 Å². The first-order chi connectivity index (χ1) is 7.45. The molecule has 0 unspecified atom stereocenters. The van der Waals surface area contributed by atoms with Crippen molar-refractivity contribution in [2.75, 3.05) is 0 Å². The van der Waals surface area contributed by atoms with Gasteiger partial charge in [0.25, 0.3) is 5.91 Å². The number of ether oxygens (including phenoxy) is 1. The number of rotatable bonds is 4. The van der Waals surface area contributed by atoms with Crippen LogP contribution >= 0.6 is 0 Å². The van der Waals surface area contributed by atoms with E-state index < -0.39 is 12.0 Å². The minimum absolute atomic E-state index is 0.415. The van der Waals surface area contributed by atoms with Gasteiger partial charge in [0.2, 0.25) is 0 Å². The zero-order chi connectivity index (χ0) is 12.3. The van der Waals surface area contributed by atoms with Crippen LogP contribution in [0.25, 0.3) is 0 Å². The van der Waals surface area contributed by atoms with E-state index in [0.717, 1.165) is 16.9 Å². The van der Waals surface area contributed by atoms with E-state index in [9.17, 15) is 4.79 Å². The summed E-state index contributed by atoms with van der Waals surface area (Å²) in [4.78, 5) is 11.1. The van der Waals surface area contributed by atoms with Crippen LogP contribution in [0.3, 0.4) is 0 Å². The molecule has 0 fully saturated rings. The van der Waals surface area contributed by atoms with Crippen LogP contribution in [0.4, 0.5) is 0 Å². The highest BCUT2D eigenvalue weighted by Gasteiger charge is 2.17. The van der Waals surface area contributed by atoms with Crippen LogP contribution < -0.4 is 10.5 Å². The van der Waals surface area contributed by atoms with Crippen LogP contribution in [0.1, 0.15) is 30.0 Å². The van der Waals surface area contributed by atoms with E-state index in [4.69, 9.17) is 10.5 Å². The Balaban J connectivity index is 3.01. The lowest BCUT2D eigenvalue weighted by atomic mass is 10.1. The van der Waals surface area contributed by atoms with Gasteiger partial charge in [-0.3, -0.25) is 4.79 Å². The van der Waals surface area contributed by atoms with Crippen LogP contribution in [-0.4, -0.2) is 12.0 Å². The average molecular weight is 221 g/mol. The standard InChI is InChI=1S/C13H19NO2/c1-5-11(13(14)15)16-12-9(3)6-8(2)7-10(12)4/h6-7,11H,5H2,1-4H3,(H2,14,15)/t11-/m1/s1. The van der Waals surface area contributed by atoms with Crippen molar-refractivity contribution in [3.05, 3.63) is 28.8 Å². The van der Waals surface area contributed by atoms with E-state index in [0.29, 0.717) is 6.42 Å². The topological polar surface area (TPSA) is 52.3 Å². The Morgan fingerprint density at radius 1 is 1.31 bits per heavy atom. The quantitative estimate of drug-likeness (QED) is 0.847. The molecule has 1 atom stereocenters. The Morgan fingerprint density at radius 2 is 1.81 bits per heavy atom. The van der Waals surface area contributed by atoms with Gasteiger partial charge in [0.05, 0.1) is 0 Å². The van der Waals surface area contributed by atoms with Crippen molar-refractivity contribution < 1.29 is 9.53 Å². The van der Waals surface area contributed by atoms with Crippen molar-refractivity contribution in [1.82, 2.24) is 0 Å². The Labute approximate surface area is 96.6 Å². The smallest absolute Gasteiger partial charge is 0.258 e. The van der Waals surface area contributed by atoms with Gasteiger partial charge in [0.15, 0.2) is 6.10 Å². The first-order valence-electron chi connectivity index (χ1n) is 5.49. The molecule has 3 heteroatoms. The minimum Gasteiger partial charge on any atom is -0.480 e. The number of amides is 1. The molecule has 0 saturated heterocycles. The molecule has 2 N–H and O–H groups in total. The monoisotopic (exact) mass is 221 g/mol. The Bertz CT molecular complexity index is 376. The lowest BCUT2D eigenvalue weighted by Crippen LogP contribution is -2.33. The second-order valence-corrected chi connectivity index (χ2v) is 4.14. The van der Waals surface area contributed by atoms with Gasteiger partial charge in [0.1, 0.15) is 5.75 Å². The summed E-state index contributed by atoms with van der Waals surface area (Å²) in [6, 6.07) is 4.08. The number of carbonyl (C=O) groups is 1. The fourth-order valence-electron chi connectivity index (χ4n) is 1.84. The molecule has 3 nitrogen and oxygen atoms in total. The van der Waals surface area contributed by atoms with Crippen LogP contribution in [0.5, 0.6) is 5.75 Å². The van der Waals surface area contributed by atoms with E-state index >= 15 is 0 Å². The van der Waals surface area contributed by atoms with E-state index in [1.807, 2.05) is 39.8 Å². The fraction of sp³-hybridized carbons (Fsp3) is 0.462. The van der Waals surface area contributed by atoms with Gasteiger partial charge in [-0.2, -0.15) is 0 Å². The number of nitrogens with two attached hydrogens (primary N) is 1. The molecule has 0 spiro atoms. The lowest BCUT2D eigenvalue weighted by Gasteiger charge is -2.18. The molecular weight excluding hydrogens is 202 g/mol. The predicted octanol–water partition coefficient (Wildman–Crippen LogP) is 2.25. The first kappa shape index (κ1) is 12.6. The van der Waals surface area contributed by atoms with Crippen molar-refractivity contribution in [2.24, 2.45) is 5.73 Å². The Kier molecular flexibility index (Phi) is 3.93. The molecule has 1 rings (SSSR count). The summed E-state index contributed by atoms with van der Waals surface area (Å²) in [5.74, 6) is 0.359. The second-order valence-electron chi connectivity index (χ2n) is 4.14. The van der Waals surface area contributed by atoms with Crippen LogP contribution in [0, 0.1) is 20.8 Å². The number of primary amides is 1. The van der Waals surface area contributed by atoms with Gasteiger partial charge in [-0.15, -0.1) is 0 Å². The molecule has 1 amide bonds. The highest BCUT2D eigenvalue weighted by molar-refractivity contribution is 5.79. The van der Waals surface area contributed by atoms with Gasteiger partial charge >= 0.3 is 0 Å². The van der Waals surface area contributed by atoms with Crippen molar-refractivity contribution in [2.45, 2.75) is 40.2 Å². The molecule has 88 valence electrons. The summed E-state index contributed by atoms with van der Waals surface area (Å²) in [5.41, 5.74) is 8.53. The number of carbonyl (C=O) groups excluding carboxylic acids is 1. The maximum atomic E-state index is 11.1. The van der Waals surface area contributed by atoms with E-state index in [1.54, 1.807) is 0 Å². The van der Waals surface area contributed by atoms with Crippen molar-refractivity contribution in [3.8, 4) is 5.75 Å². The van der Waals surface area contributed by atoms with Crippen molar-refractivity contribution in [1.29, 1.82) is 0 Å². The molecule has 16 heavy (non-hydrogen) atoms. The molecule has 1 aromatic rings. The zero-order valence-electron chi connectivity index (χ0n) is 10.3. The molecule has 0 aliphatic rings. The predicted molar refractivity (Wildman–Crippen MR) is 64.6 cm³/mol. The normalized spacial score (nSPS) is 12.2. The molecule has 0 saturated carbocycles. The molecular formula is C13H19NO2. The molecule has 0 aromatic heterocycles. The average Bonchev–Trinajstić information content (AvgIpc) is 2.15. The SMILES string of the molecule is CC[C@@H](Oc1c(C)cc(C)cc1C)C(N)=O. The Hall–Kier alpha value is -1.51. The first-order valence-corrected chi connectivity index (χ1v) is 5.49. The molecule has 1 aromatic carbocycles. The van der Waals surface area contributed by atoms with Crippen LogP contribution in [0.2, 0.25) is 0 Å². The zero-order valence-corrected chi connectivity index (χ0v) is 10.3. The molecule has 0 heterocycles. The number of aryl methyl sites for hydroxylation is 3. The maximum absolute atomic E-state index is 11.1. The summed E-state index contributed by atoms with van der Waals surface area (Å²) >= 11 is 0. The van der Waals surface area contributed by atoms with Gasteiger partial charge in [-0.1, -0.05) is 24.6 Å². The molecule has 0 bridgehead atoms. The summed E-state index contributed by atoms with van der Waals surface area (Å²) in [7, 11) is 0. The van der Waals surface area contributed by atoms with E-state index in [-0.39, 0.29) is 0 Å². The van der Waals surface area contributed by atoms with Gasteiger partial charge in [0, 0.05) is 0 Å². The largest absolute Gasteiger partial charge is 0.480 e. The highest BCUT2D eigenvalue weighted by Crippen LogP contribution is 2.25. The summed E-state index contributed by atoms with van der Waals surface area (Å²) in [5, 5.41) is 0. The lowest BCUT2D eigenvalue weighted by molar-refractivity contribution is -0.124. The summed E-state index contributed by atoms with van der Waals surface area (Å²) in [6.45, 7) is 7.87. The molecule has 0 aliphatic heterocycles. The van der Waals surface area contributed by atoms with Crippen LogP contribution in [0.15, 0.2) is 12.1 Å². The summed E-state index contributed by atoms with van der Waals surface area (Å²) in [6.07, 6.45) is 0.0438. The van der Waals surface area contributed by atoms with Crippen molar-refractivity contribution in [3.63, 3.8) is 0 Å². The third-order valence-electron chi connectivity index (χ3n) is 2.55. The van der Waals surface area contributed by atoms with Gasteiger partial charge < -0.3 is 10.5 Å². The number of hydrogen-bond donors (Lipinski definition) is 1. The number of hydrogen-bond acceptors (Lipinski definition) is 2. The minimum atomic E-state index is -0.542. The third-order valence-corrected chi connectivity index (χ3v) is 2.55. The van der Waals surface area contributed by atoms with Gasteiger partial charge in [-0.05, 0) is 38.3 Å². The Morgan fingerprint density at radius 3 is 2.19 bits per heavy atom. The molecule has 0 aliphatic carbocycles. The van der Waals surface area contributed by atoms with Gasteiger partial charge in [-0.25, -0.2) is 0 Å². The van der Waals surface area contributed by atoms with E-state index in [2.05, 4.69) is 0 Å². The van der Waals surface area contributed by atoms with E-state index in [1.165, 1.54) is 5.56 Å². The maximum Gasteiger partial charge on any atom is 0.258 e. The second kappa shape index (κ2) is 5.01. The molecule has 0 radical (unpaired) electrons. The fourth-order valence-corrected chi connectivity index (χ4v) is 1.84.